The molecule has 1 spiro atoms. The highest BCUT2D eigenvalue weighted by atomic mass is 16.1. The molecule has 1 nitrogen and oxygen atoms in total. The van der Waals surface area contributed by atoms with E-state index in [2.05, 4.69) is 6.92 Å². The van der Waals surface area contributed by atoms with E-state index in [0.29, 0.717) is 23.0 Å². The van der Waals surface area contributed by atoms with Crippen molar-refractivity contribution in [2.24, 2.45) is 23.2 Å². The molecule has 0 aromatic heterocycles. The fourth-order valence-corrected chi connectivity index (χ4v) is 4.90. The highest BCUT2D eigenvalue weighted by Crippen LogP contribution is 2.60. The zero-order valence-electron chi connectivity index (χ0n) is 9.80. The Morgan fingerprint density at radius 2 is 1.87 bits per heavy atom. The molecule has 4 aliphatic carbocycles. The van der Waals surface area contributed by atoms with Gasteiger partial charge in [0.25, 0.3) is 0 Å². The van der Waals surface area contributed by atoms with Crippen LogP contribution in [0.1, 0.15) is 58.3 Å². The molecule has 0 aromatic rings. The Balaban J connectivity index is 1.92. The molecule has 4 fully saturated rings. The smallest absolute Gasteiger partial charge is 0.136 e. The van der Waals surface area contributed by atoms with Gasteiger partial charge in [0.1, 0.15) is 5.78 Å². The molecule has 0 saturated heterocycles. The Morgan fingerprint density at radius 1 is 1.13 bits per heavy atom. The maximum atomic E-state index is 11.9. The fourth-order valence-electron chi connectivity index (χ4n) is 4.90. The summed E-state index contributed by atoms with van der Waals surface area (Å²) in [7, 11) is 0. The Bertz CT molecular complexity index is 271. The maximum absolute atomic E-state index is 11.9. The summed E-state index contributed by atoms with van der Waals surface area (Å²) < 4.78 is 0. The zero-order valence-corrected chi connectivity index (χ0v) is 9.80. The van der Waals surface area contributed by atoms with Crippen molar-refractivity contribution >= 4 is 5.78 Å². The van der Waals surface area contributed by atoms with Crippen LogP contribution in [-0.2, 0) is 4.79 Å². The number of fused-ring (bicyclic) bond motifs is 2. The number of rotatable bonds is 0. The van der Waals surface area contributed by atoms with Crippen LogP contribution in [0.4, 0.5) is 0 Å². The Labute approximate surface area is 92.6 Å². The predicted molar refractivity (Wildman–Crippen MR) is 60.5 cm³/mol. The average Bonchev–Trinajstić information content (AvgIpc) is 2.27. The third-order valence-electron chi connectivity index (χ3n) is 5.80. The molecule has 15 heavy (non-hydrogen) atoms. The molecule has 4 rings (SSSR count). The number of hydrogen-bond donors (Lipinski definition) is 0. The van der Waals surface area contributed by atoms with E-state index in [0.717, 1.165) is 12.3 Å². The first-order chi connectivity index (χ1) is 7.24. The van der Waals surface area contributed by atoms with Gasteiger partial charge in [-0.1, -0.05) is 26.2 Å². The minimum atomic E-state index is 0.438. The second kappa shape index (κ2) is 3.33. The van der Waals surface area contributed by atoms with Crippen molar-refractivity contribution in [3.05, 3.63) is 0 Å². The fraction of sp³-hybridized carbons (Fsp3) is 0.929. The lowest BCUT2D eigenvalue weighted by atomic mass is 9.46. The van der Waals surface area contributed by atoms with Crippen LogP contribution in [0, 0.1) is 23.2 Å². The first-order valence-corrected chi connectivity index (χ1v) is 6.77. The normalized spacial score (nSPS) is 43.5. The molecular formula is C14H22O. The molecule has 3 atom stereocenters. The largest absolute Gasteiger partial charge is 0.299 e. The molecule has 2 bridgehead atoms. The first-order valence-electron chi connectivity index (χ1n) is 6.77. The molecule has 0 aliphatic heterocycles. The van der Waals surface area contributed by atoms with Crippen molar-refractivity contribution in [2.45, 2.75) is 58.3 Å². The molecule has 3 unspecified atom stereocenters. The van der Waals surface area contributed by atoms with E-state index in [1.807, 2.05) is 0 Å². The van der Waals surface area contributed by atoms with Crippen LogP contribution in [-0.4, -0.2) is 5.78 Å². The van der Waals surface area contributed by atoms with E-state index in [4.69, 9.17) is 0 Å². The van der Waals surface area contributed by atoms with Crippen LogP contribution >= 0.6 is 0 Å². The first kappa shape index (κ1) is 9.86. The highest BCUT2D eigenvalue weighted by Gasteiger charge is 2.55. The van der Waals surface area contributed by atoms with E-state index >= 15 is 0 Å². The number of ketones is 1. The third kappa shape index (κ3) is 1.24. The quantitative estimate of drug-likeness (QED) is 0.592. The van der Waals surface area contributed by atoms with Gasteiger partial charge in [0.2, 0.25) is 0 Å². The highest BCUT2D eigenvalue weighted by molar-refractivity contribution is 5.83. The SMILES string of the molecule is CC1C2CCC(CC2=O)C12CCCCC2. The summed E-state index contributed by atoms with van der Waals surface area (Å²) in [6.45, 7) is 2.37. The average molecular weight is 206 g/mol. The van der Waals surface area contributed by atoms with Crippen LogP contribution in [0.3, 0.4) is 0 Å². The minimum absolute atomic E-state index is 0.438. The van der Waals surface area contributed by atoms with Gasteiger partial charge in [-0.3, -0.25) is 4.79 Å². The van der Waals surface area contributed by atoms with Gasteiger partial charge in [-0.05, 0) is 42.9 Å². The van der Waals surface area contributed by atoms with Gasteiger partial charge >= 0.3 is 0 Å². The summed E-state index contributed by atoms with van der Waals surface area (Å²) in [5.74, 6) is 2.48. The number of carbonyl (C=O) groups excluding carboxylic acids is 1. The van der Waals surface area contributed by atoms with Crippen molar-refractivity contribution in [1.82, 2.24) is 0 Å². The maximum Gasteiger partial charge on any atom is 0.136 e. The van der Waals surface area contributed by atoms with E-state index < -0.39 is 0 Å². The molecular weight excluding hydrogens is 184 g/mol. The van der Waals surface area contributed by atoms with E-state index in [-0.39, 0.29) is 0 Å². The summed E-state index contributed by atoms with van der Waals surface area (Å²) in [6.07, 6.45) is 10.6. The van der Waals surface area contributed by atoms with E-state index in [1.165, 1.54) is 44.9 Å². The Kier molecular flexibility index (Phi) is 2.19. The molecule has 84 valence electrons. The Morgan fingerprint density at radius 3 is 2.47 bits per heavy atom. The molecule has 4 saturated carbocycles. The molecule has 0 radical (unpaired) electrons. The minimum Gasteiger partial charge on any atom is -0.299 e. The van der Waals surface area contributed by atoms with Gasteiger partial charge in [0.15, 0.2) is 0 Å². The third-order valence-corrected chi connectivity index (χ3v) is 5.80. The lowest BCUT2D eigenvalue weighted by Crippen LogP contribution is -2.53. The van der Waals surface area contributed by atoms with Crippen LogP contribution < -0.4 is 0 Å². The topological polar surface area (TPSA) is 17.1 Å². The number of Topliss-reactive ketones (excluding diaryl/α,β-unsaturated/α-hetero) is 1. The van der Waals surface area contributed by atoms with Crippen molar-refractivity contribution in [3.63, 3.8) is 0 Å². The summed E-state index contributed by atoms with van der Waals surface area (Å²) in [5, 5.41) is 0. The summed E-state index contributed by atoms with van der Waals surface area (Å²) in [6, 6.07) is 0. The second-order valence-electron chi connectivity index (χ2n) is 6.13. The van der Waals surface area contributed by atoms with E-state index in [1.54, 1.807) is 0 Å². The summed E-state index contributed by atoms with van der Waals surface area (Å²) in [5.41, 5.74) is 0.592. The zero-order chi connectivity index (χ0) is 10.5. The number of carbonyl (C=O) groups is 1. The van der Waals surface area contributed by atoms with Gasteiger partial charge in [-0.2, -0.15) is 0 Å². The molecule has 0 amide bonds. The molecule has 4 aliphatic rings. The van der Waals surface area contributed by atoms with Crippen molar-refractivity contribution in [3.8, 4) is 0 Å². The van der Waals surface area contributed by atoms with Crippen LogP contribution in [0.25, 0.3) is 0 Å². The summed E-state index contributed by atoms with van der Waals surface area (Å²) in [4.78, 5) is 11.9. The van der Waals surface area contributed by atoms with Gasteiger partial charge in [-0.25, -0.2) is 0 Å². The van der Waals surface area contributed by atoms with Crippen molar-refractivity contribution < 1.29 is 4.79 Å². The van der Waals surface area contributed by atoms with Gasteiger partial charge in [0, 0.05) is 12.3 Å². The molecule has 0 heterocycles. The van der Waals surface area contributed by atoms with Gasteiger partial charge in [0.05, 0.1) is 0 Å². The monoisotopic (exact) mass is 206 g/mol. The van der Waals surface area contributed by atoms with Crippen LogP contribution in [0.15, 0.2) is 0 Å². The Hall–Kier alpha value is -0.330. The molecule has 1 heteroatoms. The molecule has 0 aromatic carbocycles. The van der Waals surface area contributed by atoms with Crippen molar-refractivity contribution in [2.75, 3.05) is 0 Å². The lowest BCUT2D eigenvalue weighted by Gasteiger charge is -2.57. The number of hydrogen-bond acceptors (Lipinski definition) is 1. The van der Waals surface area contributed by atoms with Crippen LogP contribution in [0.5, 0.6) is 0 Å². The van der Waals surface area contributed by atoms with Crippen LogP contribution in [0.2, 0.25) is 0 Å². The second-order valence-corrected chi connectivity index (χ2v) is 6.13. The predicted octanol–water partition coefficient (Wildman–Crippen LogP) is 3.57. The lowest BCUT2D eigenvalue weighted by molar-refractivity contribution is -0.148. The van der Waals surface area contributed by atoms with E-state index in [9.17, 15) is 4.79 Å². The van der Waals surface area contributed by atoms with Crippen molar-refractivity contribution in [1.29, 1.82) is 0 Å². The van der Waals surface area contributed by atoms with Gasteiger partial charge < -0.3 is 0 Å². The summed E-state index contributed by atoms with van der Waals surface area (Å²) >= 11 is 0. The standard InChI is InChI=1S/C14H22O/c1-10-12-6-5-11(9-13(12)15)14(10)7-3-2-4-8-14/h10-12H,2-9H2,1H3. The van der Waals surface area contributed by atoms with Gasteiger partial charge in [-0.15, -0.1) is 0 Å². The molecule has 0 N–H and O–H groups in total.